The van der Waals surface area contributed by atoms with E-state index in [1.807, 2.05) is 37.3 Å². The third-order valence-electron chi connectivity index (χ3n) is 4.51. The summed E-state index contributed by atoms with van der Waals surface area (Å²) >= 11 is 9.43. The van der Waals surface area contributed by atoms with Crippen LogP contribution >= 0.6 is 27.5 Å². The minimum absolute atomic E-state index is 0.0117. The van der Waals surface area contributed by atoms with Crippen LogP contribution < -0.4 is 10.6 Å². The fraction of sp³-hybridized carbons (Fsp3) is 0.318. The Labute approximate surface area is 189 Å². The number of hydrogen-bond donors (Lipinski definition) is 2. The van der Waals surface area contributed by atoms with Gasteiger partial charge >= 0.3 is 5.97 Å². The third kappa shape index (κ3) is 7.46. The molecule has 2 N–H and O–H groups in total. The largest absolute Gasteiger partial charge is 0.467 e. The first kappa shape index (κ1) is 23.9. The molecule has 0 radical (unpaired) electrons. The molecule has 160 valence electrons. The molecule has 2 aromatic rings. The summed E-state index contributed by atoms with van der Waals surface area (Å²) < 4.78 is 5.57. The standard InChI is InChI=1S/C22H24BrClN2O4/c1-14(15-6-4-3-5-7-15)25-20(27)10-11-21(28)26-19(22(29)30-2)13-16-12-17(24)8-9-18(16)23/h3-9,12,14,19H,10-11,13H2,1-2H3,(H,25,27)(H,26,28)/t14-,19+/m1/s1. The Hall–Kier alpha value is -2.38. The van der Waals surface area contributed by atoms with Crippen molar-refractivity contribution in [1.29, 1.82) is 0 Å². The third-order valence-corrected chi connectivity index (χ3v) is 5.52. The number of nitrogens with one attached hydrogen (secondary N) is 2. The van der Waals surface area contributed by atoms with Crippen LogP contribution in [0, 0.1) is 0 Å². The maximum absolute atomic E-state index is 12.3. The van der Waals surface area contributed by atoms with Crippen LogP contribution in [-0.4, -0.2) is 30.9 Å². The van der Waals surface area contributed by atoms with Crippen molar-refractivity contribution in [1.82, 2.24) is 10.6 Å². The van der Waals surface area contributed by atoms with Crippen molar-refractivity contribution in [2.24, 2.45) is 0 Å². The molecule has 0 saturated heterocycles. The minimum Gasteiger partial charge on any atom is -0.467 e. The fourth-order valence-electron chi connectivity index (χ4n) is 2.89. The molecule has 0 fully saturated rings. The van der Waals surface area contributed by atoms with E-state index in [2.05, 4.69) is 26.6 Å². The highest BCUT2D eigenvalue weighted by Crippen LogP contribution is 2.22. The molecule has 0 heterocycles. The van der Waals surface area contributed by atoms with Crippen LogP contribution in [-0.2, 0) is 25.5 Å². The quantitative estimate of drug-likeness (QED) is 0.516. The maximum Gasteiger partial charge on any atom is 0.328 e. The van der Waals surface area contributed by atoms with Gasteiger partial charge in [0.2, 0.25) is 11.8 Å². The number of methoxy groups -OCH3 is 1. The molecule has 2 aromatic carbocycles. The topological polar surface area (TPSA) is 84.5 Å². The summed E-state index contributed by atoms with van der Waals surface area (Å²) in [5.41, 5.74) is 1.74. The van der Waals surface area contributed by atoms with Crippen molar-refractivity contribution in [3.8, 4) is 0 Å². The summed E-state index contributed by atoms with van der Waals surface area (Å²) in [7, 11) is 1.26. The molecule has 6 nitrogen and oxygen atoms in total. The number of rotatable bonds is 9. The molecule has 2 atom stereocenters. The van der Waals surface area contributed by atoms with Crippen molar-refractivity contribution in [2.75, 3.05) is 7.11 Å². The van der Waals surface area contributed by atoms with Crippen molar-refractivity contribution in [3.63, 3.8) is 0 Å². The van der Waals surface area contributed by atoms with E-state index in [4.69, 9.17) is 16.3 Å². The predicted octanol–water partition coefficient (Wildman–Crippen LogP) is 3.96. The van der Waals surface area contributed by atoms with Crippen molar-refractivity contribution in [3.05, 3.63) is 69.2 Å². The van der Waals surface area contributed by atoms with E-state index in [0.29, 0.717) is 5.02 Å². The SMILES string of the molecule is COC(=O)[C@H](Cc1cc(Cl)ccc1Br)NC(=O)CCC(=O)N[C@H](C)c1ccccc1. The summed E-state index contributed by atoms with van der Waals surface area (Å²) in [4.78, 5) is 36.6. The lowest BCUT2D eigenvalue weighted by Crippen LogP contribution is -2.43. The van der Waals surface area contributed by atoms with E-state index in [1.54, 1.807) is 18.2 Å². The molecular weight excluding hydrogens is 472 g/mol. The van der Waals surface area contributed by atoms with Gasteiger partial charge in [0.1, 0.15) is 6.04 Å². The summed E-state index contributed by atoms with van der Waals surface area (Å²) in [6.45, 7) is 1.88. The van der Waals surface area contributed by atoms with E-state index in [9.17, 15) is 14.4 Å². The maximum atomic E-state index is 12.3. The van der Waals surface area contributed by atoms with Gasteiger partial charge in [-0.2, -0.15) is 0 Å². The van der Waals surface area contributed by atoms with Gasteiger partial charge in [-0.3, -0.25) is 9.59 Å². The average molecular weight is 496 g/mol. The Bertz CT molecular complexity index is 892. The lowest BCUT2D eigenvalue weighted by molar-refractivity contribution is -0.145. The highest BCUT2D eigenvalue weighted by Gasteiger charge is 2.23. The second-order valence-electron chi connectivity index (χ2n) is 6.78. The Morgan fingerprint density at radius 2 is 1.67 bits per heavy atom. The van der Waals surface area contributed by atoms with Crippen LogP contribution in [0.25, 0.3) is 0 Å². The van der Waals surface area contributed by atoms with Crippen molar-refractivity contribution in [2.45, 2.75) is 38.3 Å². The van der Waals surface area contributed by atoms with Crippen molar-refractivity contribution < 1.29 is 19.1 Å². The number of esters is 1. The second-order valence-corrected chi connectivity index (χ2v) is 8.07. The van der Waals surface area contributed by atoms with Crippen molar-refractivity contribution >= 4 is 45.3 Å². The Balaban J connectivity index is 1.90. The fourth-order valence-corrected chi connectivity index (χ4v) is 3.49. The van der Waals surface area contributed by atoms with E-state index < -0.39 is 17.9 Å². The highest BCUT2D eigenvalue weighted by molar-refractivity contribution is 9.10. The molecule has 0 aliphatic heterocycles. The number of carbonyl (C=O) groups excluding carboxylic acids is 3. The Morgan fingerprint density at radius 3 is 2.30 bits per heavy atom. The number of carbonyl (C=O) groups is 3. The van der Waals surface area contributed by atoms with Gasteiger partial charge in [-0.05, 0) is 36.2 Å². The number of halogens is 2. The number of ether oxygens (including phenoxy) is 1. The lowest BCUT2D eigenvalue weighted by atomic mass is 10.1. The molecule has 0 aliphatic carbocycles. The molecule has 0 unspecified atom stereocenters. The molecule has 0 spiro atoms. The van der Waals surface area contributed by atoms with Gasteiger partial charge in [-0.15, -0.1) is 0 Å². The first-order valence-electron chi connectivity index (χ1n) is 9.45. The zero-order valence-electron chi connectivity index (χ0n) is 16.8. The van der Waals surface area contributed by atoms with Crippen LogP contribution in [0.5, 0.6) is 0 Å². The van der Waals surface area contributed by atoms with E-state index in [1.165, 1.54) is 7.11 Å². The average Bonchev–Trinajstić information content (AvgIpc) is 2.74. The second kappa shape index (κ2) is 11.7. The summed E-state index contributed by atoms with van der Waals surface area (Å²) in [6, 6.07) is 13.7. The normalized spacial score (nSPS) is 12.5. The van der Waals surface area contributed by atoms with E-state index in [-0.39, 0.29) is 31.2 Å². The summed E-state index contributed by atoms with van der Waals surface area (Å²) in [5, 5.41) is 6.03. The van der Waals surface area contributed by atoms with Gasteiger partial charge in [0.15, 0.2) is 0 Å². The van der Waals surface area contributed by atoms with E-state index in [0.717, 1.165) is 15.6 Å². The predicted molar refractivity (Wildman–Crippen MR) is 119 cm³/mol. The smallest absolute Gasteiger partial charge is 0.328 e. The zero-order chi connectivity index (χ0) is 22.1. The summed E-state index contributed by atoms with van der Waals surface area (Å²) in [5.74, 6) is -1.22. The van der Waals surface area contributed by atoms with Gasteiger partial charge in [0, 0.05) is 28.8 Å². The summed E-state index contributed by atoms with van der Waals surface area (Å²) in [6.07, 6.45) is 0.173. The van der Waals surface area contributed by atoms with Gasteiger partial charge in [-0.25, -0.2) is 4.79 Å². The monoisotopic (exact) mass is 494 g/mol. The Kier molecular flexibility index (Phi) is 9.33. The van der Waals surface area contributed by atoms with Crippen LogP contribution in [0.3, 0.4) is 0 Å². The van der Waals surface area contributed by atoms with Gasteiger partial charge < -0.3 is 15.4 Å². The number of amides is 2. The highest BCUT2D eigenvalue weighted by atomic mass is 79.9. The van der Waals surface area contributed by atoms with Crippen LogP contribution in [0.15, 0.2) is 53.0 Å². The first-order valence-corrected chi connectivity index (χ1v) is 10.6. The molecule has 0 aromatic heterocycles. The van der Waals surface area contributed by atoms with Crippen LogP contribution in [0.4, 0.5) is 0 Å². The van der Waals surface area contributed by atoms with Crippen LogP contribution in [0.2, 0.25) is 5.02 Å². The number of hydrogen-bond acceptors (Lipinski definition) is 4. The van der Waals surface area contributed by atoms with E-state index >= 15 is 0 Å². The Morgan fingerprint density at radius 1 is 1.03 bits per heavy atom. The van der Waals surface area contributed by atoms with Gasteiger partial charge in [0.25, 0.3) is 0 Å². The van der Waals surface area contributed by atoms with Gasteiger partial charge in [-0.1, -0.05) is 57.9 Å². The lowest BCUT2D eigenvalue weighted by Gasteiger charge is -2.18. The number of benzene rings is 2. The molecular formula is C22H24BrClN2O4. The zero-order valence-corrected chi connectivity index (χ0v) is 19.1. The molecule has 8 heteroatoms. The molecule has 30 heavy (non-hydrogen) atoms. The molecule has 0 bridgehead atoms. The molecule has 2 amide bonds. The first-order chi connectivity index (χ1) is 14.3. The molecule has 2 rings (SSSR count). The molecule has 0 saturated carbocycles. The van der Waals surface area contributed by atoms with Crippen LogP contribution in [0.1, 0.15) is 36.9 Å². The minimum atomic E-state index is -0.886. The van der Waals surface area contributed by atoms with Gasteiger partial charge in [0.05, 0.1) is 13.2 Å². The molecule has 0 aliphatic rings.